The molecule has 1 unspecified atom stereocenters. The first-order valence-corrected chi connectivity index (χ1v) is 7.67. The fourth-order valence-corrected chi connectivity index (χ4v) is 3.26. The number of rotatable bonds is 3. The van der Waals surface area contributed by atoms with Crippen molar-refractivity contribution < 1.29 is 4.79 Å². The van der Waals surface area contributed by atoms with Crippen LogP contribution in [0.2, 0.25) is 0 Å². The van der Waals surface area contributed by atoms with Gasteiger partial charge in [0.1, 0.15) is 0 Å². The summed E-state index contributed by atoms with van der Waals surface area (Å²) >= 11 is 0. The summed E-state index contributed by atoms with van der Waals surface area (Å²) in [5.74, 6) is 0.117. The van der Waals surface area contributed by atoms with Crippen LogP contribution in [0.3, 0.4) is 0 Å². The average molecular weight is 294 g/mol. The molecule has 0 aliphatic carbocycles. The number of carbonyl (C=O) groups is 1. The van der Waals surface area contributed by atoms with E-state index in [-0.39, 0.29) is 11.9 Å². The molecule has 0 bridgehead atoms. The largest absolute Gasteiger partial charge is 0.361 e. The lowest BCUT2D eigenvalue weighted by Gasteiger charge is -2.24. The Kier molecular flexibility index (Phi) is 3.18. The number of carbonyl (C=O) groups excluding carboxylic acids is 1. The Morgan fingerprint density at radius 3 is 3.18 bits per heavy atom. The van der Waals surface area contributed by atoms with E-state index in [1.54, 1.807) is 6.20 Å². The fraction of sp³-hybridized carbons (Fsp3) is 0.294. The van der Waals surface area contributed by atoms with Crippen molar-refractivity contribution in [2.45, 2.75) is 25.4 Å². The highest BCUT2D eigenvalue weighted by Gasteiger charge is 2.29. The number of hydrogen-bond acceptors (Lipinski definition) is 2. The lowest BCUT2D eigenvalue weighted by atomic mass is 10.1. The molecule has 5 nitrogen and oxygen atoms in total. The van der Waals surface area contributed by atoms with Gasteiger partial charge < -0.3 is 9.88 Å². The summed E-state index contributed by atoms with van der Waals surface area (Å²) in [7, 11) is 0. The molecule has 1 aliphatic rings. The molecule has 1 fully saturated rings. The van der Waals surface area contributed by atoms with Gasteiger partial charge in [-0.3, -0.25) is 9.48 Å². The van der Waals surface area contributed by atoms with Crippen LogP contribution in [-0.2, 0) is 6.54 Å². The summed E-state index contributed by atoms with van der Waals surface area (Å²) < 4.78 is 1.91. The fourth-order valence-electron chi connectivity index (χ4n) is 3.26. The van der Waals surface area contributed by atoms with E-state index in [1.165, 1.54) is 0 Å². The van der Waals surface area contributed by atoms with Crippen LogP contribution in [0.5, 0.6) is 0 Å². The third kappa shape index (κ3) is 2.28. The van der Waals surface area contributed by atoms with E-state index < -0.39 is 0 Å². The zero-order valence-electron chi connectivity index (χ0n) is 12.3. The van der Waals surface area contributed by atoms with Crippen LogP contribution >= 0.6 is 0 Å². The molecule has 0 radical (unpaired) electrons. The van der Waals surface area contributed by atoms with Gasteiger partial charge in [0.05, 0.1) is 12.6 Å². The molecular weight excluding hydrogens is 276 g/mol. The van der Waals surface area contributed by atoms with Crippen molar-refractivity contribution in [3.8, 4) is 0 Å². The second kappa shape index (κ2) is 5.33. The standard InChI is InChI=1S/C17H18N4O/c22-17(14-5-4-13-6-8-18-16(13)11-14)21-10-1-3-15(21)12-20-9-2-7-19-20/h2,4-9,11,15,18H,1,3,10,12H2. The molecule has 0 spiro atoms. The average Bonchev–Trinajstić information content (AvgIpc) is 3.27. The van der Waals surface area contributed by atoms with Gasteiger partial charge in [0, 0.05) is 36.2 Å². The SMILES string of the molecule is O=C(c1ccc2cc[nH]c2c1)N1CCCC1Cn1cccn1. The number of amides is 1. The van der Waals surface area contributed by atoms with Crippen LogP contribution in [0.15, 0.2) is 48.9 Å². The van der Waals surface area contributed by atoms with Crippen LogP contribution < -0.4 is 0 Å². The summed E-state index contributed by atoms with van der Waals surface area (Å²) in [6.07, 6.45) is 7.72. The highest BCUT2D eigenvalue weighted by atomic mass is 16.2. The van der Waals surface area contributed by atoms with Crippen LogP contribution in [0.25, 0.3) is 10.9 Å². The van der Waals surface area contributed by atoms with E-state index >= 15 is 0 Å². The third-order valence-electron chi connectivity index (χ3n) is 4.40. The Hall–Kier alpha value is -2.56. The predicted octanol–water partition coefficient (Wildman–Crippen LogP) is 2.67. The number of aromatic amines is 1. The molecule has 2 aromatic heterocycles. The van der Waals surface area contributed by atoms with Gasteiger partial charge >= 0.3 is 0 Å². The number of H-pyrrole nitrogens is 1. The molecule has 5 heteroatoms. The van der Waals surface area contributed by atoms with Crippen molar-refractivity contribution in [2.75, 3.05) is 6.54 Å². The lowest BCUT2D eigenvalue weighted by molar-refractivity contribution is 0.0722. The number of hydrogen-bond donors (Lipinski definition) is 1. The van der Waals surface area contributed by atoms with E-state index in [1.807, 2.05) is 52.3 Å². The van der Waals surface area contributed by atoms with Crippen LogP contribution in [0, 0.1) is 0 Å². The second-order valence-corrected chi connectivity index (χ2v) is 5.80. The monoisotopic (exact) mass is 294 g/mol. The normalized spacial score (nSPS) is 18.2. The van der Waals surface area contributed by atoms with Gasteiger partial charge in [-0.15, -0.1) is 0 Å². The molecule has 1 aliphatic heterocycles. The third-order valence-corrected chi connectivity index (χ3v) is 4.40. The van der Waals surface area contributed by atoms with Gasteiger partial charge in [-0.2, -0.15) is 5.10 Å². The van der Waals surface area contributed by atoms with Gasteiger partial charge in [0.2, 0.25) is 0 Å². The Morgan fingerprint density at radius 2 is 2.32 bits per heavy atom. The molecule has 4 rings (SSSR count). The van der Waals surface area contributed by atoms with E-state index in [2.05, 4.69) is 10.1 Å². The molecular formula is C17H18N4O. The van der Waals surface area contributed by atoms with Crippen molar-refractivity contribution in [1.82, 2.24) is 19.7 Å². The maximum Gasteiger partial charge on any atom is 0.254 e. The first-order valence-electron chi connectivity index (χ1n) is 7.67. The number of benzene rings is 1. The lowest BCUT2D eigenvalue weighted by Crippen LogP contribution is -2.38. The molecule has 3 heterocycles. The number of nitrogens with one attached hydrogen (secondary N) is 1. The minimum atomic E-state index is 0.117. The van der Waals surface area contributed by atoms with Crippen molar-refractivity contribution in [1.29, 1.82) is 0 Å². The van der Waals surface area contributed by atoms with E-state index in [0.29, 0.717) is 0 Å². The first kappa shape index (κ1) is 13.1. The molecule has 1 atom stereocenters. The Bertz CT molecular complexity index is 790. The molecule has 1 saturated heterocycles. The number of nitrogens with zero attached hydrogens (tertiary/aromatic N) is 3. The van der Waals surface area contributed by atoms with Crippen LogP contribution in [0.4, 0.5) is 0 Å². The molecule has 1 amide bonds. The van der Waals surface area contributed by atoms with E-state index in [4.69, 9.17) is 0 Å². The van der Waals surface area contributed by atoms with Gasteiger partial charge in [0.15, 0.2) is 0 Å². The molecule has 3 aromatic rings. The minimum Gasteiger partial charge on any atom is -0.361 e. The topological polar surface area (TPSA) is 53.9 Å². The Labute approximate surface area is 128 Å². The molecule has 112 valence electrons. The van der Waals surface area contributed by atoms with Crippen LogP contribution in [0.1, 0.15) is 23.2 Å². The van der Waals surface area contributed by atoms with Crippen molar-refractivity contribution in [2.24, 2.45) is 0 Å². The minimum absolute atomic E-state index is 0.117. The zero-order valence-corrected chi connectivity index (χ0v) is 12.3. The molecule has 1 N–H and O–H groups in total. The smallest absolute Gasteiger partial charge is 0.254 e. The molecule has 22 heavy (non-hydrogen) atoms. The second-order valence-electron chi connectivity index (χ2n) is 5.80. The maximum atomic E-state index is 12.8. The number of likely N-dealkylation sites (tertiary alicyclic amines) is 1. The summed E-state index contributed by atoms with van der Waals surface area (Å²) in [5.41, 5.74) is 1.76. The quantitative estimate of drug-likeness (QED) is 0.807. The Morgan fingerprint density at radius 1 is 1.36 bits per heavy atom. The van der Waals surface area contributed by atoms with Gasteiger partial charge in [-0.05, 0) is 42.5 Å². The summed E-state index contributed by atoms with van der Waals surface area (Å²) in [6, 6.07) is 10.0. The summed E-state index contributed by atoms with van der Waals surface area (Å²) in [6.45, 7) is 1.59. The summed E-state index contributed by atoms with van der Waals surface area (Å²) in [5, 5.41) is 5.38. The summed E-state index contributed by atoms with van der Waals surface area (Å²) in [4.78, 5) is 18.0. The van der Waals surface area contributed by atoms with Crippen molar-refractivity contribution in [3.63, 3.8) is 0 Å². The Balaban J connectivity index is 1.57. The van der Waals surface area contributed by atoms with Gasteiger partial charge in [-0.25, -0.2) is 0 Å². The zero-order chi connectivity index (χ0) is 14.9. The predicted molar refractivity (Wildman–Crippen MR) is 84.6 cm³/mol. The van der Waals surface area contributed by atoms with Crippen molar-refractivity contribution in [3.05, 3.63) is 54.5 Å². The first-order chi connectivity index (χ1) is 10.8. The molecule has 1 aromatic carbocycles. The molecule has 0 saturated carbocycles. The van der Waals surface area contributed by atoms with Gasteiger partial charge in [-0.1, -0.05) is 6.07 Å². The van der Waals surface area contributed by atoms with E-state index in [0.717, 1.165) is 42.4 Å². The van der Waals surface area contributed by atoms with Crippen molar-refractivity contribution >= 4 is 16.8 Å². The maximum absolute atomic E-state index is 12.8. The highest BCUT2D eigenvalue weighted by molar-refractivity contribution is 5.98. The van der Waals surface area contributed by atoms with Gasteiger partial charge in [0.25, 0.3) is 5.91 Å². The number of fused-ring (bicyclic) bond motifs is 1. The number of aromatic nitrogens is 3. The van der Waals surface area contributed by atoms with Crippen LogP contribution in [-0.4, -0.2) is 38.2 Å². The van der Waals surface area contributed by atoms with E-state index in [9.17, 15) is 4.79 Å². The highest BCUT2D eigenvalue weighted by Crippen LogP contribution is 2.23.